The SMILES string of the molecule is NC(=O)N(N)c1cc(N(N)C(N)=O)c2nn(-c3ccccc3O)nc2c1. The number of amides is 4. The van der Waals surface area contributed by atoms with E-state index in [-0.39, 0.29) is 28.2 Å². The number of benzene rings is 2. The van der Waals surface area contributed by atoms with Gasteiger partial charge in [0.15, 0.2) is 0 Å². The third kappa shape index (κ3) is 2.81. The fraction of sp³-hybridized carbons (Fsp3) is 0. The van der Waals surface area contributed by atoms with Crippen molar-refractivity contribution in [2.24, 2.45) is 23.2 Å². The van der Waals surface area contributed by atoms with Gasteiger partial charge >= 0.3 is 12.1 Å². The average Bonchev–Trinajstić information content (AvgIpc) is 3.03. The van der Waals surface area contributed by atoms with Gasteiger partial charge < -0.3 is 16.6 Å². The Kier molecular flexibility index (Phi) is 4.04. The van der Waals surface area contributed by atoms with E-state index in [0.717, 1.165) is 4.80 Å². The number of para-hydroxylation sites is 2. The summed E-state index contributed by atoms with van der Waals surface area (Å²) in [5.41, 5.74) is 11.3. The number of anilines is 2. The average molecular weight is 357 g/mol. The van der Waals surface area contributed by atoms with Crippen molar-refractivity contribution in [3.63, 3.8) is 0 Å². The zero-order valence-electron chi connectivity index (χ0n) is 13.3. The summed E-state index contributed by atoms with van der Waals surface area (Å²) < 4.78 is 0. The highest BCUT2D eigenvalue weighted by Gasteiger charge is 2.20. The number of rotatable bonds is 3. The third-order valence-corrected chi connectivity index (χ3v) is 3.56. The molecule has 0 radical (unpaired) electrons. The molecule has 134 valence electrons. The summed E-state index contributed by atoms with van der Waals surface area (Å²) in [5, 5.41) is 19.7. The molecule has 3 rings (SSSR count). The molecule has 3 aromatic rings. The predicted octanol–water partition coefficient (Wildman–Crippen LogP) is -0.356. The largest absolute Gasteiger partial charge is 0.506 e. The van der Waals surface area contributed by atoms with Crippen molar-refractivity contribution >= 4 is 34.5 Å². The van der Waals surface area contributed by atoms with Crippen molar-refractivity contribution in [3.05, 3.63) is 36.4 Å². The molecule has 26 heavy (non-hydrogen) atoms. The molecule has 0 saturated heterocycles. The second kappa shape index (κ2) is 6.19. The van der Waals surface area contributed by atoms with Gasteiger partial charge in [0.25, 0.3) is 0 Å². The van der Waals surface area contributed by atoms with Gasteiger partial charge in [0.2, 0.25) is 0 Å². The van der Waals surface area contributed by atoms with Crippen LogP contribution in [0.25, 0.3) is 16.7 Å². The fourth-order valence-electron chi connectivity index (χ4n) is 2.30. The Balaban J connectivity index is 2.26. The molecule has 4 amide bonds. The van der Waals surface area contributed by atoms with Gasteiger partial charge in [-0.25, -0.2) is 31.3 Å². The number of aromatic hydroxyl groups is 1. The molecular weight excluding hydrogens is 342 g/mol. The molecule has 1 aromatic heterocycles. The minimum atomic E-state index is -0.969. The van der Waals surface area contributed by atoms with Crippen LogP contribution in [0.1, 0.15) is 0 Å². The van der Waals surface area contributed by atoms with Gasteiger partial charge in [0.1, 0.15) is 22.5 Å². The Morgan fingerprint density at radius 1 is 1.00 bits per heavy atom. The number of fused-ring (bicyclic) bond motifs is 1. The molecule has 0 bridgehead atoms. The summed E-state index contributed by atoms with van der Waals surface area (Å²) in [5.74, 6) is 11.2. The maximum Gasteiger partial charge on any atom is 0.333 e. The highest BCUT2D eigenvalue weighted by atomic mass is 16.3. The minimum absolute atomic E-state index is 0.0448. The molecular formula is C14H15N9O3. The number of aromatic nitrogens is 3. The zero-order chi connectivity index (χ0) is 19.0. The van der Waals surface area contributed by atoms with Crippen LogP contribution >= 0.6 is 0 Å². The molecule has 0 aliphatic heterocycles. The summed E-state index contributed by atoms with van der Waals surface area (Å²) in [6, 6.07) is 7.19. The number of hydrogen-bond donors (Lipinski definition) is 5. The Hall–Kier alpha value is -3.90. The maximum absolute atomic E-state index is 11.5. The molecule has 0 fully saturated rings. The van der Waals surface area contributed by atoms with Gasteiger partial charge in [-0.05, 0) is 24.3 Å². The highest BCUT2D eigenvalue weighted by molar-refractivity contribution is 6.02. The molecule has 2 aromatic carbocycles. The molecule has 9 N–H and O–H groups in total. The number of nitrogens with two attached hydrogens (primary N) is 4. The van der Waals surface area contributed by atoms with Gasteiger partial charge in [-0.2, -0.15) is 0 Å². The van der Waals surface area contributed by atoms with E-state index in [1.54, 1.807) is 18.2 Å². The molecule has 12 heteroatoms. The fourth-order valence-corrected chi connectivity index (χ4v) is 2.30. The summed E-state index contributed by atoms with van der Waals surface area (Å²) in [6.45, 7) is 0. The van der Waals surface area contributed by atoms with Crippen molar-refractivity contribution in [1.82, 2.24) is 15.0 Å². The van der Waals surface area contributed by atoms with E-state index in [1.165, 1.54) is 18.2 Å². The molecule has 0 atom stereocenters. The summed E-state index contributed by atoms with van der Waals surface area (Å²) >= 11 is 0. The van der Waals surface area contributed by atoms with E-state index >= 15 is 0 Å². The van der Waals surface area contributed by atoms with Crippen LogP contribution in [0, 0.1) is 0 Å². The minimum Gasteiger partial charge on any atom is -0.506 e. The lowest BCUT2D eigenvalue weighted by Crippen LogP contribution is -2.43. The van der Waals surface area contributed by atoms with Crippen LogP contribution in [-0.4, -0.2) is 32.2 Å². The van der Waals surface area contributed by atoms with E-state index in [2.05, 4.69) is 10.2 Å². The Bertz CT molecular complexity index is 1020. The van der Waals surface area contributed by atoms with Crippen molar-refractivity contribution in [1.29, 1.82) is 0 Å². The van der Waals surface area contributed by atoms with Crippen LogP contribution < -0.4 is 33.2 Å². The maximum atomic E-state index is 11.5. The van der Waals surface area contributed by atoms with Crippen LogP contribution in [-0.2, 0) is 0 Å². The van der Waals surface area contributed by atoms with Gasteiger partial charge in [0.05, 0.1) is 11.4 Å². The van der Waals surface area contributed by atoms with E-state index in [0.29, 0.717) is 15.7 Å². The first-order valence-corrected chi connectivity index (χ1v) is 7.17. The monoisotopic (exact) mass is 357 g/mol. The molecule has 0 unspecified atom stereocenters. The normalized spacial score (nSPS) is 10.7. The number of primary amides is 2. The predicted molar refractivity (Wildman–Crippen MR) is 93.0 cm³/mol. The first-order chi connectivity index (χ1) is 12.3. The molecule has 0 spiro atoms. The number of phenolic OH excluding ortho intramolecular Hbond substituents is 1. The lowest BCUT2D eigenvalue weighted by Gasteiger charge is -2.18. The van der Waals surface area contributed by atoms with Crippen molar-refractivity contribution in [2.45, 2.75) is 0 Å². The molecule has 0 aliphatic rings. The van der Waals surface area contributed by atoms with Gasteiger partial charge in [-0.1, -0.05) is 12.1 Å². The first-order valence-electron chi connectivity index (χ1n) is 7.17. The van der Waals surface area contributed by atoms with Gasteiger partial charge in [-0.3, -0.25) is 0 Å². The van der Waals surface area contributed by atoms with Crippen molar-refractivity contribution in [3.8, 4) is 11.4 Å². The van der Waals surface area contributed by atoms with Crippen LogP contribution in [0.15, 0.2) is 36.4 Å². The van der Waals surface area contributed by atoms with Crippen LogP contribution in [0.2, 0.25) is 0 Å². The smallest absolute Gasteiger partial charge is 0.333 e. The molecule has 0 saturated carbocycles. The third-order valence-electron chi connectivity index (χ3n) is 3.56. The second-order valence-corrected chi connectivity index (χ2v) is 5.23. The topological polar surface area (TPSA) is 196 Å². The Labute approximate surface area is 146 Å². The number of hydrazine groups is 2. The van der Waals surface area contributed by atoms with E-state index in [9.17, 15) is 14.7 Å². The van der Waals surface area contributed by atoms with E-state index < -0.39 is 12.1 Å². The van der Waals surface area contributed by atoms with Gasteiger partial charge in [0, 0.05) is 0 Å². The lowest BCUT2D eigenvalue weighted by atomic mass is 10.2. The standard InChI is InChI=1S/C14H15N9O3/c15-13(25)21(17)7-5-8-12(10(6-7)22(18)14(16)26)20-23(19-8)9-3-1-2-4-11(9)24/h1-6,24H,17-18H2,(H2,15,25)(H2,16,26). The van der Waals surface area contributed by atoms with E-state index in [4.69, 9.17) is 23.2 Å². The van der Waals surface area contributed by atoms with Crippen LogP contribution in [0.3, 0.4) is 0 Å². The Morgan fingerprint density at radius 3 is 2.27 bits per heavy atom. The van der Waals surface area contributed by atoms with E-state index in [1.807, 2.05) is 0 Å². The number of phenols is 1. The molecule has 12 nitrogen and oxygen atoms in total. The van der Waals surface area contributed by atoms with Gasteiger partial charge in [-0.15, -0.1) is 15.0 Å². The quantitative estimate of drug-likeness (QED) is 0.239. The Morgan fingerprint density at radius 2 is 1.65 bits per heavy atom. The van der Waals surface area contributed by atoms with Crippen molar-refractivity contribution < 1.29 is 14.7 Å². The number of hydrogen-bond acceptors (Lipinski definition) is 7. The second-order valence-electron chi connectivity index (χ2n) is 5.23. The van der Waals surface area contributed by atoms with Crippen LogP contribution in [0.4, 0.5) is 21.0 Å². The zero-order valence-corrected chi connectivity index (χ0v) is 13.3. The first kappa shape index (κ1) is 16.9. The van der Waals surface area contributed by atoms with Crippen LogP contribution in [0.5, 0.6) is 5.75 Å². The summed E-state index contributed by atoms with van der Waals surface area (Å²) in [6.07, 6.45) is 0. The number of carbonyl (C=O) groups excluding carboxylic acids is 2. The van der Waals surface area contributed by atoms with Crippen molar-refractivity contribution in [2.75, 3.05) is 10.0 Å². The molecule has 1 heterocycles. The summed E-state index contributed by atoms with van der Waals surface area (Å²) in [7, 11) is 0. The summed E-state index contributed by atoms with van der Waals surface area (Å²) in [4.78, 5) is 24.0. The lowest BCUT2D eigenvalue weighted by molar-refractivity contribution is 0.253. The number of nitrogens with zero attached hydrogens (tertiary/aromatic N) is 5. The molecule has 0 aliphatic carbocycles. The highest BCUT2D eigenvalue weighted by Crippen LogP contribution is 2.30. The number of urea groups is 2. The number of carbonyl (C=O) groups is 2.